The minimum absolute atomic E-state index is 0.268. The van der Waals surface area contributed by atoms with Crippen molar-refractivity contribution in [3.05, 3.63) is 272 Å². The van der Waals surface area contributed by atoms with E-state index in [1.54, 1.807) is 24.3 Å². The monoisotopic (exact) mass is 905 g/mol. The van der Waals surface area contributed by atoms with E-state index in [4.69, 9.17) is 15.0 Å². The lowest BCUT2D eigenvalue weighted by Gasteiger charge is -2.18. The van der Waals surface area contributed by atoms with E-state index >= 15 is 0 Å². The summed E-state index contributed by atoms with van der Waals surface area (Å²) in [5, 5.41) is 0. The molecule has 0 saturated heterocycles. The van der Waals surface area contributed by atoms with E-state index in [1.165, 1.54) is 35.4 Å². The molecule has 3 nitrogen and oxygen atoms in total. The summed E-state index contributed by atoms with van der Waals surface area (Å²) in [6.07, 6.45) is 7.40. The number of hydrogen-bond donors (Lipinski definition) is 0. The molecule has 0 atom stereocenters. The van der Waals surface area contributed by atoms with Crippen molar-refractivity contribution in [1.29, 1.82) is 0 Å². The lowest BCUT2D eigenvalue weighted by Crippen LogP contribution is -1.97. The van der Waals surface area contributed by atoms with Gasteiger partial charge in [-0.25, -0.2) is 8.78 Å². The van der Waals surface area contributed by atoms with Gasteiger partial charge in [-0.1, -0.05) is 158 Å². The quantitative estimate of drug-likeness (QED) is 0.123. The summed E-state index contributed by atoms with van der Waals surface area (Å²) in [6, 6.07) is 77.0. The maximum absolute atomic E-state index is 13.8. The van der Waals surface area contributed by atoms with Crippen molar-refractivity contribution in [3.63, 3.8) is 0 Å². The van der Waals surface area contributed by atoms with Gasteiger partial charge in [-0.05, 0) is 152 Å². The first-order valence-corrected chi connectivity index (χ1v) is 23.5. The number of pyridine rings is 3. The van der Waals surface area contributed by atoms with Crippen LogP contribution in [0.4, 0.5) is 8.78 Å². The molecule has 0 bridgehead atoms. The lowest BCUT2D eigenvalue weighted by molar-refractivity contribution is 0.627. The van der Waals surface area contributed by atoms with Crippen LogP contribution in [0.2, 0.25) is 0 Å². The fraction of sp³-hybridized carbons (Fsp3) is 0.0308. The lowest BCUT2D eigenvalue weighted by atomic mass is 9.86. The van der Waals surface area contributed by atoms with Crippen LogP contribution in [-0.4, -0.2) is 15.0 Å². The predicted molar refractivity (Wildman–Crippen MR) is 283 cm³/mol. The van der Waals surface area contributed by atoms with E-state index in [9.17, 15) is 8.78 Å². The minimum atomic E-state index is -0.276. The van der Waals surface area contributed by atoms with Crippen molar-refractivity contribution in [3.8, 4) is 101 Å². The molecule has 0 aliphatic carbocycles. The predicted octanol–water partition coefficient (Wildman–Crippen LogP) is 16.9. The summed E-state index contributed by atoms with van der Waals surface area (Å²) in [5.41, 5.74) is 20.6. The summed E-state index contributed by atoms with van der Waals surface area (Å²) in [7, 11) is 0. The van der Waals surface area contributed by atoms with E-state index < -0.39 is 0 Å². The molecule has 0 radical (unpaired) electrons. The number of hydrogen-bond acceptors (Lipinski definition) is 3. The molecule has 0 saturated carbocycles. The van der Waals surface area contributed by atoms with Gasteiger partial charge >= 0.3 is 0 Å². The molecule has 0 aliphatic heterocycles. The first-order valence-electron chi connectivity index (χ1n) is 23.5. The Morgan fingerprint density at radius 3 is 1.24 bits per heavy atom. The Hall–Kier alpha value is -8.93. The summed E-state index contributed by atoms with van der Waals surface area (Å²) >= 11 is 0. The number of benzene rings is 8. The Kier molecular flexibility index (Phi) is 12.3. The van der Waals surface area contributed by atoms with Crippen molar-refractivity contribution in [2.24, 2.45) is 0 Å². The van der Waals surface area contributed by atoms with Gasteiger partial charge in [0.15, 0.2) is 0 Å². The Morgan fingerprint density at radius 2 is 0.671 bits per heavy atom. The molecule has 8 aromatic carbocycles. The maximum Gasteiger partial charge on any atom is 0.123 e. The van der Waals surface area contributed by atoms with Crippen molar-refractivity contribution in [2.45, 2.75) is 12.8 Å². The first-order chi connectivity index (χ1) is 34.5. The van der Waals surface area contributed by atoms with Crippen LogP contribution in [0.1, 0.15) is 11.1 Å². The molecule has 70 heavy (non-hydrogen) atoms. The van der Waals surface area contributed by atoms with E-state index in [-0.39, 0.29) is 11.6 Å². The number of aryl methyl sites for hydroxylation is 2. The topological polar surface area (TPSA) is 38.7 Å². The summed E-state index contributed by atoms with van der Waals surface area (Å²) in [6.45, 7) is 0. The SMILES string of the molecule is Fc1ccc(-c2ccc(CCc3cc(-c4ccccc4-c4ccc(-c5ccc(F)cc5)nc4)cc(-c4ccccc4-c4cnc(-c5ccccc5)cc4-c4ccc(-c5ccccc5)cc4)c3)cn2)cc1. The van der Waals surface area contributed by atoms with Gasteiger partial charge in [0.25, 0.3) is 0 Å². The average molecular weight is 906 g/mol. The van der Waals surface area contributed by atoms with E-state index in [0.29, 0.717) is 0 Å². The van der Waals surface area contributed by atoms with E-state index in [2.05, 4.69) is 158 Å². The van der Waals surface area contributed by atoms with E-state index in [1.807, 2.05) is 42.9 Å². The summed E-state index contributed by atoms with van der Waals surface area (Å²) in [4.78, 5) is 14.7. The van der Waals surface area contributed by atoms with Crippen LogP contribution in [0.25, 0.3) is 101 Å². The third-order valence-electron chi connectivity index (χ3n) is 12.9. The van der Waals surface area contributed by atoms with Crippen molar-refractivity contribution >= 4 is 0 Å². The number of aromatic nitrogens is 3. The molecular weight excluding hydrogens is 861 g/mol. The van der Waals surface area contributed by atoms with Crippen LogP contribution < -0.4 is 0 Å². The molecule has 0 fully saturated rings. The van der Waals surface area contributed by atoms with Gasteiger partial charge in [-0.2, -0.15) is 0 Å². The van der Waals surface area contributed by atoms with Crippen molar-refractivity contribution in [1.82, 2.24) is 15.0 Å². The highest BCUT2D eigenvalue weighted by Gasteiger charge is 2.18. The van der Waals surface area contributed by atoms with Crippen LogP contribution in [0.3, 0.4) is 0 Å². The molecule has 11 rings (SSSR count). The second-order valence-electron chi connectivity index (χ2n) is 17.4. The largest absolute Gasteiger partial charge is 0.256 e. The zero-order valence-electron chi connectivity index (χ0n) is 38.2. The van der Waals surface area contributed by atoms with Crippen LogP contribution >= 0.6 is 0 Å². The standard InChI is InChI=1S/C65H45F2N3/c66-55-31-26-50(27-32-55)63-35-21-44(41-68-63)19-20-45-37-53(58-16-8-7-15-57(58)52-30-36-64(69-42-52)51-28-33-56(67)34-29-51)39-54(38-45)59-17-9-10-18-60(59)62-43-70-65(49-13-5-2-6-14-49)40-61(62)48-24-22-47(23-25-48)46-11-3-1-4-12-46/h1-18,21-43H,19-20H2. The molecule has 0 aliphatic rings. The Morgan fingerprint density at radius 1 is 0.243 bits per heavy atom. The highest BCUT2D eigenvalue weighted by atomic mass is 19.1. The molecule has 5 heteroatoms. The van der Waals surface area contributed by atoms with Crippen LogP contribution in [0, 0.1) is 11.6 Å². The molecule has 0 amide bonds. The molecule has 11 aromatic rings. The zero-order chi connectivity index (χ0) is 47.2. The highest BCUT2D eigenvalue weighted by Crippen LogP contribution is 2.42. The number of rotatable bonds is 12. The van der Waals surface area contributed by atoms with E-state index in [0.717, 1.165) is 113 Å². The Labute approximate surface area is 407 Å². The second kappa shape index (κ2) is 19.7. The van der Waals surface area contributed by atoms with Crippen molar-refractivity contribution in [2.75, 3.05) is 0 Å². The van der Waals surface area contributed by atoms with Gasteiger partial charge in [0.2, 0.25) is 0 Å². The normalized spacial score (nSPS) is 11.1. The molecule has 334 valence electrons. The second-order valence-corrected chi connectivity index (χ2v) is 17.4. The van der Waals surface area contributed by atoms with Gasteiger partial charge in [-0.15, -0.1) is 0 Å². The molecule has 0 spiro atoms. The molecule has 0 unspecified atom stereocenters. The van der Waals surface area contributed by atoms with Gasteiger partial charge < -0.3 is 0 Å². The first kappa shape index (κ1) is 43.6. The minimum Gasteiger partial charge on any atom is -0.256 e. The summed E-state index contributed by atoms with van der Waals surface area (Å²) < 4.78 is 27.5. The third kappa shape index (κ3) is 9.46. The van der Waals surface area contributed by atoms with Crippen molar-refractivity contribution < 1.29 is 8.78 Å². The fourth-order valence-electron chi connectivity index (χ4n) is 9.25. The Balaban J connectivity index is 1.01. The summed E-state index contributed by atoms with van der Waals surface area (Å²) in [5.74, 6) is -0.544. The molecule has 3 heterocycles. The van der Waals surface area contributed by atoms with Gasteiger partial charge in [-0.3, -0.25) is 15.0 Å². The maximum atomic E-state index is 13.8. The smallest absolute Gasteiger partial charge is 0.123 e. The van der Waals surface area contributed by atoms with Crippen LogP contribution in [0.15, 0.2) is 249 Å². The molecule has 0 N–H and O–H groups in total. The van der Waals surface area contributed by atoms with Crippen LogP contribution in [0.5, 0.6) is 0 Å². The van der Waals surface area contributed by atoms with Crippen LogP contribution in [-0.2, 0) is 12.8 Å². The fourth-order valence-corrected chi connectivity index (χ4v) is 9.25. The van der Waals surface area contributed by atoms with Gasteiger partial charge in [0, 0.05) is 46.4 Å². The van der Waals surface area contributed by atoms with Gasteiger partial charge in [0.1, 0.15) is 11.6 Å². The Bertz CT molecular complexity index is 3560. The molecule has 3 aromatic heterocycles. The van der Waals surface area contributed by atoms with Gasteiger partial charge in [0.05, 0.1) is 17.1 Å². The third-order valence-corrected chi connectivity index (χ3v) is 12.9. The highest BCUT2D eigenvalue weighted by molar-refractivity contribution is 5.94. The number of nitrogens with zero attached hydrogens (tertiary/aromatic N) is 3. The molecular formula is C65H45F2N3. The zero-order valence-corrected chi connectivity index (χ0v) is 38.2. The number of halogens is 2. The average Bonchev–Trinajstić information content (AvgIpc) is 3.43.